The van der Waals surface area contributed by atoms with Crippen molar-refractivity contribution < 1.29 is 0 Å². The van der Waals surface area contributed by atoms with Crippen molar-refractivity contribution in [3.05, 3.63) is 48.6 Å². The Morgan fingerprint density at radius 1 is 1.17 bits per heavy atom. The monoisotopic (exact) mass is 162 g/mol. The predicted molar refractivity (Wildman–Crippen MR) is 57.1 cm³/mol. The van der Waals surface area contributed by atoms with E-state index in [4.69, 9.17) is 0 Å². The van der Waals surface area contributed by atoms with Crippen LogP contribution in [0.1, 0.15) is 26.7 Å². The van der Waals surface area contributed by atoms with Crippen LogP contribution < -0.4 is 0 Å². The smallest absolute Gasteiger partial charge is 0.0268 e. The maximum Gasteiger partial charge on any atom is -0.0268 e. The Labute approximate surface area is 76.0 Å². The summed E-state index contributed by atoms with van der Waals surface area (Å²) >= 11 is 0. The molecule has 0 saturated carbocycles. The molecule has 0 unspecified atom stereocenters. The van der Waals surface area contributed by atoms with E-state index in [9.17, 15) is 0 Å². The third-order valence-electron chi connectivity index (χ3n) is 1.68. The number of rotatable bonds is 5. The van der Waals surface area contributed by atoms with Crippen LogP contribution in [-0.4, -0.2) is 0 Å². The van der Waals surface area contributed by atoms with E-state index in [2.05, 4.69) is 33.1 Å². The van der Waals surface area contributed by atoms with Gasteiger partial charge in [0.05, 0.1) is 0 Å². The Hall–Kier alpha value is -1.04. The van der Waals surface area contributed by atoms with Gasteiger partial charge in [0, 0.05) is 0 Å². The zero-order chi connectivity index (χ0) is 9.40. The summed E-state index contributed by atoms with van der Waals surface area (Å²) in [6.07, 6.45) is 10.2. The van der Waals surface area contributed by atoms with Gasteiger partial charge in [-0.1, -0.05) is 56.4 Å². The van der Waals surface area contributed by atoms with Crippen LogP contribution in [0.2, 0.25) is 0 Å². The first-order valence-electron chi connectivity index (χ1n) is 4.37. The van der Waals surface area contributed by atoms with Crippen LogP contribution in [0.15, 0.2) is 48.6 Å². The molecule has 0 heterocycles. The molecule has 0 N–H and O–H groups in total. The zero-order valence-corrected chi connectivity index (χ0v) is 8.14. The fraction of sp³-hybridized carbons (Fsp3) is 0.333. The molecule has 0 nitrogen and oxygen atoms in total. The molecule has 0 fully saturated rings. The summed E-state index contributed by atoms with van der Waals surface area (Å²) < 4.78 is 0. The Kier molecular flexibility index (Phi) is 6.08. The summed E-state index contributed by atoms with van der Waals surface area (Å²) in [6, 6.07) is 0. The average Bonchev–Trinajstić information content (AvgIpc) is 2.07. The second kappa shape index (κ2) is 6.66. The maximum atomic E-state index is 3.69. The van der Waals surface area contributed by atoms with Gasteiger partial charge in [-0.05, 0) is 18.9 Å². The van der Waals surface area contributed by atoms with E-state index >= 15 is 0 Å². The van der Waals surface area contributed by atoms with Gasteiger partial charge in [-0.2, -0.15) is 0 Å². The van der Waals surface area contributed by atoms with Crippen LogP contribution >= 0.6 is 0 Å². The molecule has 0 rings (SSSR count). The van der Waals surface area contributed by atoms with Crippen LogP contribution in [0.25, 0.3) is 0 Å². The van der Waals surface area contributed by atoms with Gasteiger partial charge in [0.1, 0.15) is 0 Å². The van der Waals surface area contributed by atoms with E-state index in [1.807, 2.05) is 18.2 Å². The Bertz CT molecular complexity index is 194. The lowest BCUT2D eigenvalue weighted by atomic mass is 10.1. The fourth-order valence-corrected chi connectivity index (χ4v) is 0.936. The number of hydrogen-bond acceptors (Lipinski definition) is 0. The molecule has 0 aliphatic heterocycles. The molecular weight excluding hydrogens is 144 g/mol. The molecule has 0 saturated heterocycles. The third-order valence-corrected chi connectivity index (χ3v) is 1.68. The molecule has 0 aromatic rings. The SMILES string of the molecule is C=CC(C=C)=C/C=C(\C)CCC. The largest absolute Gasteiger partial charge is 0.0985 e. The molecule has 0 aliphatic rings. The highest BCUT2D eigenvalue weighted by Crippen LogP contribution is 2.05. The molecular formula is C12H18. The quantitative estimate of drug-likeness (QED) is 0.535. The lowest BCUT2D eigenvalue weighted by Gasteiger charge is -1.94. The standard InChI is InChI=1S/C12H18/c1-5-8-11(4)9-10-12(6-2)7-3/h6-7,9-10H,2-3,5,8H2,1,4H3/b11-9+. The first-order valence-corrected chi connectivity index (χ1v) is 4.37. The number of allylic oxidation sites excluding steroid dienone is 6. The fourth-order valence-electron chi connectivity index (χ4n) is 0.936. The molecule has 0 aromatic heterocycles. The second-order valence-electron chi connectivity index (χ2n) is 2.84. The molecule has 0 spiro atoms. The number of hydrogen-bond donors (Lipinski definition) is 0. The third kappa shape index (κ3) is 4.73. The first kappa shape index (κ1) is 11.0. The topological polar surface area (TPSA) is 0 Å². The molecule has 0 amide bonds. The van der Waals surface area contributed by atoms with Crippen LogP contribution in [0, 0.1) is 0 Å². The van der Waals surface area contributed by atoms with E-state index in [-0.39, 0.29) is 0 Å². The summed E-state index contributed by atoms with van der Waals surface area (Å²) in [5.74, 6) is 0. The summed E-state index contributed by atoms with van der Waals surface area (Å²) in [7, 11) is 0. The summed E-state index contributed by atoms with van der Waals surface area (Å²) in [5.41, 5.74) is 2.48. The van der Waals surface area contributed by atoms with Crippen molar-refractivity contribution in [2.45, 2.75) is 26.7 Å². The molecule has 0 atom stereocenters. The molecule has 0 aromatic carbocycles. The van der Waals surface area contributed by atoms with Crippen LogP contribution in [0.3, 0.4) is 0 Å². The van der Waals surface area contributed by atoms with E-state index in [0.29, 0.717) is 0 Å². The summed E-state index contributed by atoms with van der Waals surface area (Å²) in [4.78, 5) is 0. The van der Waals surface area contributed by atoms with Crippen molar-refractivity contribution in [2.24, 2.45) is 0 Å². The van der Waals surface area contributed by atoms with Gasteiger partial charge in [-0.15, -0.1) is 0 Å². The Balaban J connectivity index is 4.23. The van der Waals surface area contributed by atoms with E-state index in [0.717, 1.165) is 12.0 Å². The normalized spacial score (nSPS) is 10.7. The maximum absolute atomic E-state index is 3.69. The highest BCUT2D eigenvalue weighted by molar-refractivity contribution is 5.32. The van der Waals surface area contributed by atoms with Gasteiger partial charge < -0.3 is 0 Å². The van der Waals surface area contributed by atoms with Crippen molar-refractivity contribution in [1.29, 1.82) is 0 Å². The Morgan fingerprint density at radius 3 is 2.17 bits per heavy atom. The van der Waals surface area contributed by atoms with Crippen molar-refractivity contribution >= 4 is 0 Å². The predicted octanol–water partition coefficient (Wildman–Crippen LogP) is 4.03. The van der Waals surface area contributed by atoms with E-state index < -0.39 is 0 Å². The van der Waals surface area contributed by atoms with Gasteiger partial charge in [0.2, 0.25) is 0 Å². The molecule has 0 aliphatic carbocycles. The second-order valence-corrected chi connectivity index (χ2v) is 2.84. The van der Waals surface area contributed by atoms with Gasteiger partial charge in [0.15, 0.2) is 0 Å². The minimum Gasteiger partial charge on any atom is -0.0985 e. The Morgan fingerprint density at radius 2 is 1.75 bits per heavy atom. The summed E-state index contributed by atoms with van der Waals surface area (Å²) in [6.45, 7) is 11.7. The molecule has 0 heteroatoms. The molecule has 0 bridgehead atoms. The molecule has 66 valence electrons. The van der Waals surface area contributed by atoms with Crippen molar-refractivity contribution in [3.63, 3.8) is 0 Å². The minimum atomic E-state index is 1.07. The van der Waals surface area contributed by atoms with Crippen LogP contribution in [0.5, 0.6) is 0 Å². The lowest BCUT2D eigenvalue weighted by Crippen LogP contribution is -1.74. The van der Waals surface area contributed by atoms with Gasteiger partial charge in [-0.25, -0.2) is 0 Å². The van der Waals surface area contributed by atoms with Gasteiger partial charge in [-0.3, -0.25) is 0 Å². The summed E-state index contributed by atoms with van der Waals surface area (Å²) in [5, 5.41) is 0. The lowest BCUT2D eigenvalue weighted by molar-refractivity contribution is 0.905. The van der Waals surface area contributed by atoms with E-state index in [1.165, 1.54) is 12.0 Å². The molecule has 12 heavy (non-hydrogen) atoms. The highest BCUT2D eigenvalue weighted by Gasteiger charge is 1.84. The molecule has 0 radical (unpaired) electrons. The van der Waals surface area contributed by atoms with Crippen molar-refractivity contribution in [2.75, 3.05) is 0 Å². The zero-order valence-electron chi connectivity index (χ0n) is 8.14. The van der Waals surface area contributed by atoms with Gasteiger partial charge in [0.25, 0.3) is 0 Å². The average molecular weight is 162 g/mol. The first-order chi connectivity index (χ1) is 5.74. The van der Waals surface area contributed by atoms with Crippen LogP contribution in [-0.2, 0) is 0 Å². The van der Waals surface area contributed by atoms with Crippen LogP contribution in [0.4, 0.5) is 0 Å². The van der Waals surface area contributed by atoms with E-state index in [1.54, 1.807) is 0 Å². The highest BCUT2D eigenvalue weighted by atomic mass is 13.9. The van der Waals surface area contributed by atoms with Crippen molar-refractivity contribution in [3.8, 4) is 0 Å². The van der Waals surface area contributed by atoms with Gasteiger partial charge >= 0.3 is 0 Å². The van der Waals surface area contributed by atoms with Crippen molar-refractivity contribution in [1.82, 2.24) is 0 Å². The minimum absolute atomic E-state index is 1.07.